The highest BCUT2D eigenvalue weighted by Gasteiger charge is 2.04. The van der Waals surface area contributed by atoms with E-state index in [2.05, 4.69) is 15.3 Å². The average molecular weight is 242 g/mol. The zero-order valence-electron chi connectivity index (χ0n) is 9.81. The van der Waals surface area contributed by atoms with Crippen LogP contribution in [0.3, 0.4) is 0 Å². The third kappa shape index (κ3) is 2.80. The van der Waals surface area contributed by atoms with E-state index in [-0.39, 0.29) is 12.4 Å². The summed E-state index contributed by atoms with van der Waals surface area (Å²) in [6, 6.07) is 6.21. The number of nitrogens with one attached hydrogen (secondary N) is 1. The summed E-state index contributed by atoms with van der Waals surface area (Å²) in [6.07, 6.45) is 3.36. The maximum Gasteiger partial charge on any atom is 0.222 e. The van der Waals surface area contributed by atoms with Gasteiger partial charge in [0.1, 0.15) is 5.82 Å². The molecule has 0 spiro atoms. The summed E-state index contributed by atoms with van der Waals surface area (Å²) < 4.78 is 13.5. The summed E-state index contributed by atoms with van der Waals surface area (Å²) in [5.74, 6) is 0.0796. The maximum atomic E-state index is 13.5. The Hall–Kier alpha value is -2.48. The highest BCUT2D eigenvalue weighted by Crippen LogP contribution is 2.11. The molecule has 5 heteroatoms. The monoisotopic (exact) mass is 242 g/mol. The lowest BCUT2D eigenvalue weighted by Gasteiger charge is -2.06. The number of benzene rings is 1. The van der Waals surface area contributed by atoms with E-state index in [1.807, 2.05) is 13.0 Å². The first kappa shape index (κ1) is 12.0. The van der Waals surface area contributed by atoms with Crippen molar-refractivity contribution >= 4 is 5.95 Å². The molecule has 0 saturated carbocycles. The molecular weight excluding hydrogens is 231 g/mol. The van der Waals surface area contributed by atoms with Gasteiger partial charge in [-0.2, -0.15) is 5.26 Å². The number of rotatable bonds is 3. The van der Waals surface area contributed by atoms with E-state index in [0.29, 0.717) is 17.1 Å². The number of nitriles is 1. The standard InChI is InChI=1S/C13H11FN4/c1-9-6-16-13(17-7-9)18-8-11-4-10(5-15)2-3-12(11)14/h2-4,6-7H,8H2,1H3,(H,16,17,18). The summed E-state index contributed by atoms with van der Waals surface area (Å²) in [7, 11) is 0. The van der Waals surface area contributed by atoms with Crippen LogP contribution in [0.25, 0.3) is 0 Å². The quantitative estimate of drug-likeness (QED) is 0.897. The van der Waals surface area contributed by atoms with Crippen molar-refractivity contribution < 1.29 is 4.39 Å². The van der Waals surface area contributed by atoms with Gasteiger partial charge in [0.15, 0.2) is 0 Å². The molecule has 0 fully saturated rings. The predicted molar refractivity (Wildman–Crippen MR) is 65.2 cm³/mol. The fraction of sp³-hybridized carbons (Fsp3) is 0.154. The molecule has 1 N–H and O–H groups in total. The fourth-order valence-electron chi connectivity index (χ4n) is 1.44. The Morgan fingerprint density at radius 3 is 2.72 bits per heavy atom. The largest absolute Gasteiger partial charge is 0.350 e. The van der Waals surface area contributed by atoms with Crippen LogP contribution < -0.4 is 5.32 Å². The molecule has 0 aliphatic carbocycles. The van der Waals surface area contributed by atoms with Crippen LogP contribution in [-0.2, 0) is 6.54 Å². The topological polar surface area (TPSA) is 61.6 Å². The molecule has 90 valence electrons. The number of nitrogens with zero attached hydrogens (tertiary/aromatic N) is 3. The molecule has 0 atom stereocenters. The first-order chi connectivity index (χ1) is 8.69. The number of anilines is 1. The minimum absolute atomic E-state index is 0.240. The molecule has 2 aromatic rings. The van der Waals surface area contributed by atoms with Gasteiger partial charge in [-0.3, -0.25) is 0 Å². The lowest BCUT2D eigenvalue weighted by atomic mass is 10.1. The Kier molecular flexibility index (Phi) is 3.49. The lowest BCUT2D eigenvalue weighted by molar-refractivity contribution is 0.612. The molecule has 0 unspecified atom stereocenters. The third-order valence-electron chi connectivity index (χ3n) is 2.39. The van der Waals surface area contributed by atoms with Crippen LogP contribution in [0, 0.1) is 24.1 Å². The molecule has 18 heavy (non-hydrogen) atoms. The van der Waals surface area contributed by atoms with E-state index in [1.54, 1.807) is 12.4 Å². The molecule has 0 amide bonds. The van der Waals surface area contributed by atoms with Crippen molar-refractivity contribution in [1.29, 1.82) is 5.26 Å². The summed E-state index contributed by atoms with van der Waals surface area (Å²) >= 11 is 0. The molecular formula is C13H11FN4. The minimum Gasteiger partial charge on any atom is -0.350 e. The molecule has 1 aromatic heterocycles. The zero-order chi connectivity index (χ0) is 13.0. The fourth-order valence-corrected chi connectivity index (χ4v) is 1.44. The molecule has 2 rings (SSSR count). The molecule has 0 saturated heterocycles. The molecule has 0 aliphatic rings. The second-order valence-electron chi connectivity index (χ2n) is 3.86. The maximum absolute atomic E-state index is 13.5. The number of hydrogen-bond donors (Lipinski definition) is 1. The Bertz CT molecular complexity index is 587. The minimum atomic E-state index is -0.353. The molecule has 0 aliphatic heterocycles. The first-order valence-corrected chi connectivity index (χ1v) is 5.40. The average Bonchev–Trinajstić information content (AvgIpc) is 2.40. The van der Waals surface area contributed by atoms with Crippen molar-refractivity contribution in [2.45, 2.75) is 13.5 Å². The second kappa shape index (κ2) is 5.23. The third-order valence-corrected chi connectivity index (χ3v) is 2.39. The number of hydrogen-bond acceptors (Lipinski definition) is 4. The van der Waals surface area contributed by atoms with Crippen LogP contribution in [0.2, 0.25) is 0 Å². The highest BCUT2D eigenvalue weighted by molar-refractivity contribution is 5.36. The zero-order valence-corrected chi connectivity index (χ0v) is 9.81. The van der Waals surface area contributed by atoms with Crippen molar-refractivity contribution in [3.63, 3.8) is 0 Å². The molecule has 0 radical (unpaired) electrons. The van der Waals surface area contributed by atoms with Gasteiger partial charge in [-0.15, -0.1) is 0 Å². The van der Waals surface area contributed by atoms with E-state index in [9.17, 15) is 4.39 Å². The van der Waals surface area contributed by atoms with Gasteiger partial charge >= 0.3 is 0 Å². The SMILES string of the molecule is Cc1cnc(NCc2cc(C#N)ccc2F)nc1. The van der Waals surface area contributed by atoms with E-state index >= 15 is 0 Å². The van der Waals surface area contributed by atoms with Gasteiger partial charge in [0.05, 0.1) is 11.6 Å². The van der Waals surface area contributed by atoms with Gasteiger partial charge in [0.2, 0.25) is 5.95 Å². The van der Waals surface area contributed by atoms with Crippen LogP contribution in [-0.4, -0.2) is 9.97 Å². The van der Waals surface area contributed by atoms with Crippen LogP contribution in [0.4, 0.5) is 10.3 Å². The number of aryl methyl sites for hydroxylation is 1. The van der Waals surface area contributed by atoms with Gasteiger partial charge in [0, 0.05) is 24.5 Å². The number of aromatic nitrogens is 2. The molecule has 1 heterocycles. The normalized spacial score (nSPS) is 9.83. The first-order valence-electron chi connectivity index (χ1n) is 5.40. The van der Waals surface area contributed by atoms with Crippen molar-refractivity contribution in [3.8, 4) is 6.07 Å². The van der Waals surface area contributed by atoms with Crippen molar-refractivity contribution in [2.75, 3.05) is 5.32 Å². The second-order valence-corrected chi connectivity index (χ2v) is 3.86. The summed E-state index contributed by atoms with van der Waals surface area (Å²) in [4.78, 5) is 8.11. The predicted octanol–water partition coefficient (Wildman–Crippen LogP) is 2.41. The smallest absolute Gasteiger partial charge is 0.222 e. The summed E-state index contributed by atoms with van der Waals surface area (Å²) in [5.41, 5.74) is 1.80. The summed E-state index contributed by atoms with van der Waals surface area (Å²) in [5, 5.41) is 11.7. The van der Waals surface area contributed by atoms with E-state index in [4.69, 9.17) is 5.26 Å². The Balaban J connectivity index is 2.10. The van der Waals surface area contributed by atoms with Crippen LogP contribution in [0.1, 0.15) is 16.7 Å². The van der Waals surface area contributed by atoms with Crippen molar-refractivity contribution in [1.82, 2.24) is 9.97 Å². The van der Waals surface area contributed by atoms with E-state index in [1.165, 1.54) is 18.2 Å². The van der Waals surface area contributed by atoms with Crippen molar-refractivity contribution in [3.05, 3.63) is 53.1 Å². The molecule has 4 nitrogen and oxygen atoms in total. The van der Waals surface area contributed by atoms with Crippen LogP contribution in [0.5, 0.6) is 0 Å². The summed E-state index contributed by atoms with van der Waals surface area (Å²) in [6.45, 7) is 2.13. The van der Waals surface area contributed by atoms with Crippen LogP contribution >= 0.6 is 0 Å². The Labute approximate surface area is 104 Å². The van der Waals surface area contributed by atoms with Gasteiger partial charge in [-0.25, -0.2) is 14.4 Å². The number of halogens is 1. The lowest BCUT2D eigenvalue weighted by Crippen LogP contribution is -2.05. The van der Waals surface area contributed by atoms with Crippen molar-refractivity contribution in [2.24, 2.45) is 0 Å². The Morgan fingerprint density at radius 1 is 1.33 bits per heavy atom. The van der Waals surface area contributed by atoms with Gasteiger partial charge in [-0.1, -0.05) is 0 Å². The van der Waals surface area contributed by atoms with Gasteiger partial charge < -0.3 is 5.32 Å². The van der Waals surface area contributed by atoms with Gasteiger partial charge in [0.25, 0.3) is 0 Å². The Morgan fingerprint density at radius 2 is 2.06 bits per heavy atom. The highest BCUT2D eigenvalue weighted by atomic mass is 19.1. The molecule has 1 aromatic carbocycles. The van der Waals surface area contributed by atoms with Crippen LogP contribution in [0.15, 0.2) is 30.6 Å². The van der Waals surface area contributed by atoms with E-state index < -0.39 is 0 Å². The molecule has 0 bridgehead atoms. The van der Waals surface area contributed by atoms with Gasteiger partial charge in [-0.05, 0) is 30.7 Å². The van der Waals surface area contributed by atoms with E-state index in [0.717, 1.165) is 5.56 Å².